The highest BCUT2D eigenvalue weighted by molar-refractivity contribution is 7.80. The molecule has 2 saturated heterocycles. The Labute approximate surface area is 115 Å². The van der Waals surface area contributed by atoms with Crippen molar-refractivity contribution < 1.29 is 0 Å². The van der Waals surface area contributed by atoms with E-state index in [1.165, 1.54) is 42.6 Å². The molecule has 3 rings (SSSR count). The second-order valence-electron chi connectivity index (χ2n) is 5.45. The van der Waals surface area contributed by atoms with Gasteiger partial charge in [-0.05, 0) is 44.2 Å². The molecule has 1 atom stereocenters. The van der Waals surface area contributed by atoms with Gasteiger partial charge in [0.15, 0.2) is 0 Å². The molecule has 96 valence electrons. The number of thiocarbonyl (C=S) groups is 1. The fraction of sp³-hybridized carbons (Fsp3) is 0.533. The van der Waals surface area contributed by atoms with Gasteiger partial charge in [-0.25, -0.2) is 0 Å². The molecular weight excluding hydrogens is 240 g/mol. The summed E-state index contributed by atoms with van der Waals surface area (Å²) >= 11 is 5.64. The number of fused-ring (bicyclic) bond motifs is 1. The molecule has 0 bridgehead atoms. The van der Waals surface area contributed by atoms with Crippen molar-refractivity contribution in [3.63, 3.8) is 0 Å². The first-order valence-corrected chi connectivity index (χ1v) is 7.21. The normalized spacial score (nSPS) is 24.4. The van der Waals surface area contributed by atoms with E-state index in [1.807, 2.05) is 0 Å². The van der Waals surface area contributed by atoms with Crippen molar-refractivity contribution >= 4 is 22.9 Å². The van der Waals surface area contributed by atoms with Crippen LogP contribution in [-0.2, 0) is 0 Å². The van der Waals surface area contributed by atoms with Gasteiger partial charge in [0, 0.05) is 12.2 Å². The Morgan fingerprint density at radius 2 is 1.89 bits per heavy atom. The van der Waals surface area contributed by atoms with Crippen LogP contribution in [0.4, 0.5) is 5.69 Å². The van der Waals surface area contributed by atoms with Gasteiger partial charge in [-0.15, -0.1) is 0 Å². The Kier molecular flexibility index (Phi) is 3.12. The quantitative estimate of drug-likeness (QED) is 0.716. The highest BCUT2D eigenvalue weighted by atomic mass is 32.1. The lowest BCUT2D eigenvalue weighted by molar-refractivity contribution is 0.200. The van der Waals surface area contributed by atoms with Crippen molar-refractivity contribution in [2.75, 3.05) is 18.0 Å². The van der Waals surface area contributed by atoms with Crippen LogP contribution >= 0.6 is 12.2 Å². The first-order valence-electron chi connectivity index (χ1n) is 6.81. The van der Waals surface area contributed by atoms with Crippen LogP contribution in [0.1, 0.15) is 30.4 Å². The smallest absolute Gasteiger partial charge is 0.0980 e. The Morgan fingerprint density at radius 3 is 2.61 bits per heavy atom. The van der Waals surface area contributed by atoms with Crippen molar-refractivity contribution in [2.45, 2.75) is 39.3 Å². The van der Waals surface area contributed by atoms with Crippen molar-refractivity contribution in [2.24, 2.45) is 0 Å². The van der Waals surface area contributed by atoms with Gasteiger partial charge in [0.2, 0.25) is 0 Å². The summed E-state index contributed by atoms with van der Waals surface area (Å²) in [7, 11) is 0. The molecule has 18 heavy (non-hydrogen) atoms. The van der Waals surface area contributed by atoms with Crippen LogP contribution in [0, 0.1) is 13.8 Å². The molecule has 0 spiro atoms. The maximum atomic E-state index is 5.64. The molecule has 2 nitrogen and oxygen atoms in total. The molecule has 3 heteroatoms. The molecule has 1 aromatic rings. The van der Waals surface area contributed by atoms with Gasteiger partial charge in [-0.3, -0.25) is 4.90 Å². The molecule has 0 aliphatic carbocycles. The molecule has 2 aliphatic heterocycles. The predicted octanol–water partition coefficient (Wildman–Crippen LogP) is 3.26. The molecule has 0 radical (unpaired) electrons. The molecule has 2 aliphatic rings. The molecule has 2 fully saturated rings. The summed E-state index contributed by atoms with van der Waals surface area (Å²) in [6, 6.07) is 6.51. The van der Waals surface area contributed by atoms with Crippen LogP contribution < -0.4 is 4.90 Å². The number of hydrogen-bond acceptors (Lipinski definition) is 2. The fourth-order valence-corrected chi connectivity index (χ4v) is 3.70. The number of hydrogen-bond donors (Lipinski definition) is 0. The zero-order valence-corrected chi connectivity index (χ0v) is 12.0. The summed E-state index contributed by atoms with van der Waals surface area (Å²) in [5.74, 6) is 0. The van der Waals surface area contributed by atoms with E-state index < -0.39 is 0 Å². The minimum atomic E-state index is 0.506. The lowest BCUT2D eigenvalue weighted by atomic mass is 10.0. The van der Waals surface area contributed by atoms with Crippen LogP contribution in [0.3, 0.4) is 0 Å². The predicted molar refractivity (Wildman–Crippen MR) is 80.2 cm³/mol. The second kappa shape index (κ2) is 4.63. The zero-order chi connectivity index (χ0) is 12.7. The number of para-hydroxylation sites is 1. The third-order valence-electron chi connectivity index (χ3n) is 4.16. The first-order chi connectivity index (χ1) is 8.68. The van der Waals surface area contributed by atoms with Crippen LogP contribution in [0.25, 0.3) is 0 Å². The maximum Gasteiger partial charge on any atom is 0.0980 e. The maximum absolute atomic E-state index is 5.64. The first kappa shape index (κ1) is 12.1. The van der Waals surface area contributed by atoms with Gasteiger partial charge in [-0.1, -0.05) is 30.4 Å². The van der Waals surface area contributed by atoms with Crippen molar-refractivity contribution in [3.05, 3.63) is 29.3 Å². The minimum Gasteiger partial charge on any atom is -0.318 e. The summed E-state index contributed by atoms with van der Waals surface area (Å²) in [5.41, 5.74) is 4.02. The molecular formula is C15H20N2S. The third kappa shape index (κ3) is 1.86. The topological polar surface area (TPSA) is 6.48 Å². The highest BCUT2D eigenvalue weighted by Crippen LogP contribution is 2.35. The van der Waals surface area contributed by atoms with Gasteiger partial charge in [-0.2, -0.15) is 0 Å². The standard InChI is InChI=1S/C15H20N2S/c1-11-6-5-7-12(2)15(11)17-13-8-3-4-9-16(13)10-14(17)18/h5-7,13H,3-4,8-10H2,1-2H3. The largest absolute Gasteiger partial charge is 0.318 e. The van der Waals surface area contributed by atoms with Crippen LogP contribution in [0.5, 0.6) is 0 Å². The van der Waals surface area contributed by atoms with E-state index >= 15 is 0 Å². The summed E-state index contributed by atoms with van der Waals surface area (Å²) in [4.78, 5) is 6.05. The summed E-state index contributed by atoms with van der Waals surface area (Å²) in [6.07, 6.45) is 4.39. The van der Waals surface area contributed by atoms with E-state index in [9.17, 15) is 0 Å². The average Bonchev–Trinajstić information content (AvgIpc) is 2.66. The van der Waals surface area contributed by atoms with E-state index in [-0.39, 0.29) is 0 Å². The summed E-state index contributed by atoms with van der Waals surface area (Å²) in [6.45, 7) is 6.55. The van der Waals surface area contributed by atoms with Crippen molar-refractivity contribution in [1.29, 1.82) is 0 Å². The summed E-state index contributed by atoms with van der Waals surface area (Å²) < 4.78 is 0. The molecule has 1 unspecified atom stereocenters. The minimum absolute atomic E-state index is 0.506. The number of anilines is 1. The van der Waals surface area contributed by atoms with Crippen LogP contribution in [-0.4, -0.2) is 29.1 Å². The number of rotatable bonds is 1. The summed E-state index contributed by atoms with van der Waals surface area (Å²) in [5, 5.41) is 0. The molecule has 0 aromatic heterocycles. The van der Waals surface area contributed by atoms with Gasteiger partial charge in [0.25, 0.3) is 0 Å². The molecule has 0 N–H and O–H groups in total. The molecule has 0 amide bonds. The highest BCUT2D eigenvalue weighted by Gasteiger charge is 2.38. The van der Waals surface area contributed by atoms with E-state index in [0.29, 0.717) is 6.17 Å². The van der Waals surface area contributed by atoms with E-state index in [2.05, 4.69) is 41.8 Å². The SMILES string of the molecule is Cc1cccc(C)c1N1C(=S)CN2CCCCC21. The number of nitrogens with zero attached hydrogens (tertiary/aromatic N) is 2. The van der Waals surface area contributed by atoms with Gasteiger partial charge >= 0.3 is 0 Å². The van der Waals surface area contributed by atoms with Crippen LogP contribution in [0.15, 0.2) is 18.2 Å². The second-order valence-corrected chi connectivity index (χ2v) is 5.92. The van der Waals surface area contributed by atoms with Gasteiger partial charge in [0.05, 0.1) is 17.7 Å². The fourth-order valence-electron chi connectivity index (χ4n) is 3.33. The number of aryl methyl sites for hydroxylation is 2. The molecule has 2 heterocycles. The van der Waals surface area contributed by atoms with Crippen molar-refractivity contribution in [3.8, 4) is 0 Å². The Morgan fingerprint density at radius 1 is 1.17 bits per heavy atom. The average molecular weight is 260 g/mol. The Bertz CT molecular complexity index is 463. The van der Waals surface area contributed by atoms with Crippen LogP contribution in [0.2, 0.25) is 0 Å². The molecule has 1 aromatic carbocycles. The lowest BCUT2D eigenvalue weighted by Crippen LogP contribution is -2.42. The van der Waals surface area contributed by atoms with E-state index in [0.717, 1.165) is 11.5 Å². The lowest BCUT2D eigenvalue weighted by Gasteiger charge is -2.35. The van der Waals surface area contributed by atoms with Crippen molar-refractivity contribution in [1.82, 2.24) is 4.90 Å². The van der Waals surface area contributed by atoms with Gasteiger partial charge < -0.3 is 4.90 Å². The van der Waals surface area contributed by atoms with E-state index in [1.54, 1.807) is 0 Å². The Balaban J connectivity index is 2.02. The van der Waals surface area contributed by atoms with Gasteiger partial charge in [0.1, 0.15) is 0 Å². The van der Waals surface area contributed by atoms with E-state index in [4.69, 9.17) is 12.2 Å². The number of piperidine rings is 1. The monoisotopic (exact) mass is 260 g/mol. The third-order valence-corrected chi connectivity index (χ3v) is 4.49. The Hall–Kier alpha value is -0.930. The zero-order valence-electron chi connectivity index (χ0n) is 11.1. The number of benzene rings is 1. The molecule has 0 saturated carbocycles.